The van der Waals surface area contributed by atoms with E-state index in [1.807, 2.05) is 31.3 Å². The van der Waals surface area contributed by atoms with Gasteiger partial charge in [-0.3, -0.25) is 4.57 Å². The number of aromatic nitrogens is 4. The molecule has 30 heavy (non-hydrogen) atoms. The van der Waals surface area contributed by atoms with Crippen LogP contribution in [0, 0.1) is 5.92 Å². The Kier molecular flexibility index (Phi) is 6.21. The van der Waals surface area contributed by atoms with Gasteiger partial charge in [-0.05, 0) is 30.9 Å². The van der Waals surface area contributed by atoms with Crippen LogP contribution in [0.25, 0.3) is 11.4 Å². The maximum atomic E-state index is 5.47. The number of benzene rings is 1. The third-order valence-electron chi connectivity index (χ3n) is 5.74. The molecule has 0 atom stereocenters. The van der Waals surface area contributed by atoms with Crippen molar-refractivity contribution in [1.29, 1.82) is 0 Å². The van der Waals surface area contributed by atoms with E-state index in [4.69, 9.17) is 14.0 Å². The van der Waals surface area contributed by atoms with Crippen molar-refractivity contribution < 1.29 is 14.0 Å². The van der Waals surface area contributed by atoms with Crippen LogP contribution in [0.2, 0.25) is 0 Å². The van der Waals surface area contributed by atoms with E-state index in [1.165, 1.54) is 32.1 Å². The van der Waals surface area contributed by atoms with Crippen LogP contribution in [0.15, 0.2) is 35.1 Å². The van der Waals surface area contributed by atoms with Gasteiger partial charge in [0.1, 0.15) is 23.5 Å². The molecule has 2 aromatic heterocycles. The minimum absolute atomic E-state index is 0.598. The highest BCUT2D eigenvalue weighted by atomic mass is 16.5. The molecular weight excluding hydrogens is 382 g/mol. The van der Waals surface area contributed by atoms with E-state index in [-0.39, 0.29) is 0 Å². The van der Waals surface area contributed by atoms with Crippen molar-refractivity contribution in [2.45, 2.75) is 45.2 Å². The second kappa shape index (κ2) is 9.19. The Hall–Kier alpha value is -3.03. The van der Waals surface area contributed by atoms with Crippen LogP contribution in [-0.4, -0.2) is 41.2 Å². The molecule has 4 rings (SSSR count). The number of ether oxygens (including phenoxy) is 2. The van der Waals surface area contributed by atoms with Gasteiger partial charge >= 0.3 is 0 Å². The first-order valence-electron chi connectivity index (χ1n) is 10.4. The first-order valence-corrected chi connectivity index (χ1v) is 10.4. The van der Waals surface area contributed by atoms with Crippen molar-refractivity contribution in [3.63, 3.8) is 0 Å². The van der Waals surface area contributed by atoms with Crippen LogP contribution in [0.4, 0.5) is 5.95 Å². The lowest BCUT2D eigenvalue weighted by Gasteiger charge is -2.25. The average molecular weight is 412 g/mol. The highest BCUT2D eigenvalue weighted by molar-refractivity contribution is 5.63. The van der Waals surface area contributed by atoms with Crippen molar-refractivity contribution in [3.8, 4) is 22.9 Å². The summed E-state index contributed by atoms with van der Waals surface area (Å²) in [5, 5.41) is 13.1. The molecule has 0 amide bonds. The molecule has 8 heteroatoms. The summed E-state index contributed by atoms with van der Waals surface area (Å²) in [7, 11) is 5.32. The fourth-order valence-corrected chi connectivity index (χ4v) is 4.16. The molecule has 0 radical (unpaired) electrons. The van der Waals surface area contributed by atoms with Crippen molar-refractivity contribution in [2.24, 2.45) is 5.92 Å². The topological polar surface area (TPSA) is 78.4 Å². The third kappa shape index (κ3) is 4.42. The Balaban J connectivity index is 1.71. The quantitative estimate of drug-likeness (QED) is 0.550. The molecule has 0 spiro atoms. The Morgan fingerprint density at radius 1 is 1.07 bits per heavy atom. The van der Waals surface area contributed by atoms with Crippen LogP contribution in [0.3, 0.4) is 0 Å². The zero-order valence-electron chi connectivity index (χ0n) is 17.9. The number of hydrogen-bond acceptors (Lipinski definition) is 7. The highest BCUT2D eigenvalue weighted by Crippen LogP contribution is 2.33. The number of hydrogen-bond donors (Lipinski definition) is 0. The largest absolute Gasteiger partial charge is 0.497 e. The number of methoxy groups -OCH3 is 2. The summed E-state index contributed by atoms with van der Waals surface area (Å²) < 4.78 is 18.1. The van der Waals surface area contributed by atoms with E-state index in [1.54, 1.807) is 20.5 Å². The van der Waals surface area contributed by atoms with Gasteiger partial charge in [0.25, 0.3) is 0 Å². The summed E-state index contributed by atoms with van der Waals surface area (Å²) in [4.78, 5) is 2.06. The van der Waals surface area contributed by atoms with E-state index in [2.05, 4.69) is 24.8 Å². The Labute approximate surface area is 176 Å². The Bertz CT molecular complexity index is 926. The molecule has 8 nitrogen and oxygen atoms in total. The van der Waals surface area contributed by atoms with Crippen molar-refractivity contribution in [1.82, 2.24) is 19.9 Å². The summed E-state index contributed by atoms with van der Waals surface area (Å²) in [6.45, 7) is 1.49. The third-order valence-corrected chi connectivity index (χ3v) is 5.74. The minimum Gasteiger partial charge on any atom is -0.497 e. The lowest BCUT2D eigenvalue weighted by molar-refractivity contribution is 0.320. The molecule has 1 aliphatic rings. The zero-order chi connectivity index (χ0) is 20.9. The molecule has 0 aliphatic heterocycles. The molecule has 2 heterocycles. The van der Waals surface area contributed by atoms with Gasteiger partial charge < -0.3 is 18.9 Å². The van der Waals surface area contributed by atoms with E-state index in [9.17, 15) is 0 Å². The van der Waals surface area contributed by atoms with Crippen molar-refractivity contribution in [2.75, 3.05) is 26.2 Å². The van der Waals surface area contributed by atoms with Crippen molar-refractivity contribution >= 4 is 5.95 Å². The summed E-state index contributed by atoms with van der Waals surface area (Å²) in [6, 6.07) is 7.69. The fraction of sp³-hybridized carbons (Fsp3) is 0.500. The van der Waals surface area contributed by atoms with Gasteiger partial charge in [0.2, 0.25) is 5.95 Å². The fourth-order valence-electron chi connectivity index (χ4n) is 4.16. The maximum Gasteiger partial charge on any atom is 0.227 e. The Morgan fingerprint density at radius 3 is 2.43 bits per heavy atom. The van der Waals surface area contributed by atoms with Gasteiger partial charge in [0.15, 0.2) is 5.82 Å². The van der Waals surface area contributed by atoms with Gasteiger partial charge in [0, 0.05) is 31.3 Å². The van der Waals surface area contributed by atoms with Crippen LogP contribution < -0.4 is 14.4 Å². The highest BCUT2D eigenvalue weighted by Gasteiger charge is 2.23. The molecule has 0 saturated heterocycles. The summed E-state index contributed by atoms with van der Waals surface area (Å²) >= 11 is 0. The molecule has 1 aliphatic carbocycles. The SMILES string of the molecule is COc1cc(OC)cc(-c2nnc(N(C)Cc3ccon3)n2CC2CCCCC2)c1. The smallest absolute Gasteiger partial charge is 0.227 e. The predicted molar refractivity (Wildman–Crippen MR) is 114 cm³/mol. The lowest BCUT2D eigenvalue weighted by atomic mass is 9.89. The predicted octanol–water partition coefficient (Wildman–Crippen LogP) is 4.17. The van der Waals surface area contributed by atoms with Gasteiger partial charge in [0.05, 0.1) is 20.8 Å². The first-order chi connectivity index (χ1) is 14.7. The molecular formula is C22H29N5O3. The van der Waals surface area contributed by atoms with Crippen LogP contribution in [-0.2, 0) is 13.1 Å². The van der Waals surface area contributed by atoms with Crippen LogP contribution >= 0.6 is 0 Å². The summed E-state index contributed by atoms with van der Waals surface area (Å²) in [5.74, 6) is 3.73. The van der Waals surface area contributed by atoms with Crippen LogP contribution in [0.5, 0.6) is 11.5 Å². The molecule has 160 valence electrons. The first kappa shape index (κ1) is 20.3. The average Bonchev–Trinajstić information content (AvgIpc) is 3.44. The van der Waals surface area contributed by atoms with E-state index in [0.29, 0.717) is 12.5 Å². The maximum absolute atomic E-state index is 5.47. The van der Waals surface area contributed by atoms with Gasteiger partial charge in [-0.15, -0.1) is 10.2 Å². The normalized spacial score (nSPS) is 14.6. The Morgan fingerprint density at radius 2 is 1.80 bits per heavy atom. The molecule has 0 N–H and O–H groups in total. The van der Waals surface area contributed by atoms with E-state index < -0.39 is 0 Å². The molecule has 1 saturated carbocycles. The molecule has 0 unspecified atom stereocenters. The van der Waals surface area contributed by atoms with E-state index in [0.717, 1.165) is 41.1 Å². The van der Waals surface area contributed by atoms with Crippen molar-refractivity contribution in [3.05, 3.63) is 36.2 Å². The monoisotopic (exact) mass is 411 g/mol. The molecule has 0 bridgehead atoms. The molecule has 1 aromatic carbocycles. The second-order valence-corrected chi connectivity index (χ2v) is 7.89. The van der Waals surface area contributed by atoms with Gasteiger partial charge in [-0.25, -0.2) is 0 Å². The minimum atomic E-state index is 0.598. The molecule has 1 fully saturated rings. The number of rotatable bonds is 8. The number of anilines is 1. The van der Waals surface area contributed by atoms with Gasteiger partial charge in [-0.2, -0.15) is 0 Å². The van der Waals surface area contributed by atoms with Crippen LogP contribution in [0.1, 0.15) is 37.8 Å². The number of nitrogens with zero attached hydrogens (tertiary/aromatic N) is 5. The van der Waals surface area contributed by atoms with E-state index >= 15 is 0 Å². The zero-order valence-corrected chi connectivity index (χ0v) is 17.9. The lowest BCUT2D eigenvalue weighted by Crippen LogP contribution is -2.24. The standard InChI is InChI=1S/C22H29N5O3/c1-26(15-18-9-10-30-25-18)22-24-23-21(27(22)14-16-7-5-4-6-8-16)17-11-19(28-2)13-20(12-17)29-3/h9-13,16H,4-8,14-15H2,1-3H3. The molecule has 3 aromatic rings. The van der Waals surface area contributed by atoms with Gasteiger partial charge in [-0.1, -0.05) is 24.4 Å². The summed E-state index contributed by atoms with van der Waals surface area (Å²) in [6.07, 6.45) is 7.98. The second-order valence-electron chi connectivity index (χ2n) is 7.89. The summed E-state index contributed by atoms with van der Waals surface area (Å²) in [5.41, 5.74) is 1.78.